The molecule has 2 unspecified atom stereocenters. The van der Waals surface area contributed by atoms with Crippen LogP contribution < -0.4 is 20.3 Å². The van der Waals surface area contributed by atoms with Gasteiger partial charge in [-0.2, -0.15) is 8.42 Å². The van der Waals surface area contributed by atoms with Gasteiger partial charge in [-0.3, -0.25) is 9.52 Å². The van der Waals surface area contributed by atoms with Gasteiger partial charge in [0.2, 0.25) is 0 Å². The van der Waals surface area contributed by atoms with E-state index in [1.54, 1.807) is 48.7 Å². The molecule has 2 amide bonds. The third-order valence-electron chi connectivity index (χ3n) is 9.60. The Bertz CT molecular complexity index is 2120. The Morgan fingerprint density at radius 3 is 2.06 bits per heavy atom. The van der Waals surface area contributed by atoms with Crippen LogP contribution in [-0.4, -0.2) is 42.2 Å². The van der Waals surface area contributed by atoms with E-state index in [4.69, 9.17) is 27.9 Å². The second-order valence-electron chi connectivity index (χ2n) is 15.5. The summed E-state index contributed by atoms with van der Waals surface area (Å²) in [6.45, 7) is 15.2. The van der Waals surface area contributed by atoms with Gasteiger partial charge < -0.3 is 15.0 Å². The van der Waals surface area contributed by atoms with Crippen LogP contribution in [0.3, 0.4) is 0 Å². The molecule has 1 fully saturated rings. The van der Waals surface area contributed by atoms with E-state index >= 15 is 0 Å². The Morgan fingerprint density at radius 2 is 1.52 bits per heavy atom. The van der Waals surface area contributed by atoms with Crippen molar-refractivity contribution in [1.29, 1.82) is 0 Å². The normalized spacial score (nSPS) is 19.7. The molecule has 0 saturated heterocycles. The number of ether oxygens (including phenoxy) is 1. The van der Waals surface area contributed by atoms with Gasteiger partial charge in [0.15, 0.2) is 0 Å². The van der Waals surface area contributed by atoms with Gasteiger partial charge in [0, 0.05) is 22.4 Å². The number of carbonyl (C=O) groups excluding carboxylic acids is 2. The van der Waals surface area contributed by atoms with Crippen molar-refractivity contribution in [3.8, 4) is 11.1 Å². The van der Waals surface area contributed by atoms with Gasteiger partial charge in [0.1, 0.15) is 33.2 Å². The summed E-state index contributed by atoms with van der Waals surface area (Å²) in [6.07, 6.45) is 3.00. The molecule has 2 aromatic carbocycles. The second kappa shape index (κ2) is 15.0. The first-order valence-corrected chi connectivity index (χ1v) is 20.4. The highest BCUT2D eigenvalue weighted by Crippen LogP contribution is 2.50. The smallest absolute Gasteiger partial charge is 0.342 e. The Morgan fingerprint density at radius 1 is 0.942 bits per heavy atom. The van der Waals surface area contributed by atoms with Gasteiger partial charge >= 0.3 is 22.2 Å². The molecule has 1 saturated carbocycles. The lowest BCUT2D eigenvalue weighted by Gasteiger charge is -2.50. The van der Waals surface area contributed by atoms with E-state index in [2.05, 4.69) is 63.5 Å². The van der Waals surface area contributed by atoms with Crippen LogP contribution in [0.2, 0.25) is 10.2 Å². The van der Waals surface area contributed by atoms with Gasteiger partial charge in [0.05, 0.1) is 5.69 Å². The number of anilines is 2. The lowest BCUT2D eigenvalue weighted by molar-refractivity contribution is -0.0922. The quantitative estimate of drug-likeness (QED) is 0.0790. The summed E-state index contributed by atoms with van der Waals surface area (Å²) in [5.41, 5.74) is -0.351. The number of aromatic amines is 1. The van der Waals surface area contributed by atoms with Crippen molar-refractivity contribution in [3.63, 3.8) is 0 Å². The lowest BCUT2D eigenvalue weighted by atomic mass is 9.59. The molecule has 4 aromatic rings. The number of nitrogens with zero attached hydrogens (tertiary/aromatic N) is 1. The first kappa shape index (κ1) is 39.6. The summed E-state index contributed by atoms with van der Waals surface area (Å²) in [4.78, 5) is 45.1. The molecule has 0 spiro atoms. The summed E-state index contributed by atoms with van der Waals surface area (Å²) in [5, 5.41) is 2.86. The van der Waals surface area contributed by atoms with Gasteiger partial charge in [0.25, 0.3) is 5.56 Å². The molecule has 2 aromatic heterocycles. The van der Waals surface area contributed by atoms with Gasteiger partial charge in [-0.15, -0.1) is 11.8 Å². The molecule has 15 heteroatoms. The zero-order valence-corrected chi connectivity index (χ0v) is 33.5. The average molecular weight is 791 g/mol. The molecular weight excluding hydrogens is 745 g/mol. The van der Waals surface area contributed by atoms with E-state index in [1.807, 2.05) is 4.72 Å². The Hall–Kier alpha value is -3.65. The summed E-state index contributed by atoms with van der Waals surface area (Å²) < 4.78 is 37.2. The van der Waals surface area contributed by atoms with Gasteiger partial charge in [-0.05, 0) is 65.7 Å². The molecule has 1 aliphatic carbocycles. The van der Waals surface area contributed by atoms with E-state index < -0.39 is 33.9 Å². The van der Waals surface area contributed by atoms with Crippen molar-refractivity contribution in [2.45, 2.75) is 72.4 Å². The number of fused-ring (bicyclic) bond motifs is 1. The Kier molecular flexibility index (Phi) is 11.4. The topological polar surface area (TPSA) is 151 Å². The molecule has 4 N–H and O–H groups in total. The van der Waals surface area contributed by atoms with E-state index in [-0.39, 0.29) is 61.0 Å². The number of amides is 2. The fourth-order valence-electron chi connectivity index (χ4n) is 7.07. The fraction of sp³-hybridized carbons (Fsp3) is 0.432. The fourth-order valence-corrected chi connectivity index (χ4v) is 8.90. The number of hydrogen-bond donors (Lipinski definition) is 4. The van der Waals surface area contributed by atoms with Crippen LogP contribution in [0.1, 0.15) is 71.7 Å². The number of nitrogens with one attached hydrogen (secondary N) is 4. The van der Waals surface area contributed by atoms with Crippen LogP contribution in [0.25, 0.3) is 16.8 Å². The van der Waals surface area contributed by atoms with E-state index in [0.717, 1.165) is 29.0 Å². The lowest BCUT2D eigenvalue weighted by Crippen LogP contribution is -2.49. The molecule has 52 heavy (non-hydrogen) atoms. The SMILES string of the molecule is CSc1[nH]c2c(C(=O)OC3C(C(C)(C)C)CC(C)CC3C(C)(C)C)c(-c3ccc(Cl)cc3)c(Cl)n2c(=O)c1NC(=O)NS(=O)(=O)Nc1ccccc1. The van der Waals surface area contributed by atoms with Crippen molar-refractivity contribution in [3.05, 3.63) is 80.7 Å². The minimum atomic E-state index is -4.37. The summed E-state index contributed by atoms with van der Waals surface area (Å²) in [5.74, 6) is -0.117. The molecule has 2 atom stereocenters. The average Bonchev–Trinajstić information content (AvgIpc) is 3.34. The number of esters is 1. The number of carbonyl (C=O) groups is 2. The number of aromatic nitrogens is 2. The molecule has 1 aliphatic rings. The highest BCUT2D eigenvalue weighted by atomic mass is 35.5. The zero-order valence-electron chi connectivity index (χ0n) is 30.4. The summed E-state index contributed by atoms with van der Waals surface area (Å²) in [6, 6.07) is 13.5. The number of hydrogen-bond acceptors (Lipinski definition) is 7. The number of halogens is 2. The summed E-state index contributed by atoms with van der Waals surface area (Å²) in [7, 11) is -4.37. The van der Waals surface area contributed by atoms with Crippen molar-refractivity contribution >= 4 is 74.2 Å². The molecule has 0 aliphatic heterocycles. The zero-order chi connectivity index (χ0) is 38.3. The molecule has 0 radical (unpaired) electrons. The van der Waals surface area contributed by atoms with Gasteiger partial charge in [-0.25, -0.2) is 18.7 Å². The maximum absolute atomic E-state index is 14.7. The van der Waals surface area contributed by atoms with Crippen LogP contribution in [0, 0.1) is 28.6 Å². The van der Waals surface area contributed by atoms with Crippen molar-refractivity contribution < 1.29 is 22.7 Å². The van der Waals surface area contributed by atoms with Crippen molar-refractivity contribution in [2.24, 2.45) is 28.6 Å². The largest absolute Gasteiger partial charge is 0.458 e. The number of rotatable bonds is 8. The van der Waals surface area contributed by atoms with Crippen LogP contribution in [0.4, 0.5) is 16.2 Å². The molecule has 5 rings (SSSR count). The first-order valence-electron chi connectivity index (χ1n) is 16.9. The number of H-pyrrole nitrogens is 1. The monoisotopic (exact) mass is 789 g/mol. The third kappa shape index (κ3) is 8.43. The Labute approximate surface area is 318 Å². The minimum Gasteiger partial charge on any atom is -0.458 e. The molecular formula is C37H45Cl2N5O6S2. The van der Waals surface area contributed by atoms with Crippen LogP contribution in [0.15, 0.2) is 64.4 Å². The maximum atomic E-state index is 14.7. The highest BCUT2D eigenvalue weighted by molar-refractivity contribution is 7.98. The predicted molar refractivity (Wildman–Crippen MR) is 210 cm³/mol. The number of para-hydroxylation sites is 1. The highest BCUT2D eigenvalue weighted by Gasteiger charge is 2.48. The van der Waals surface area contributed by atoms with Crippen molar-refractivity contribution in [2.75, 3.05) is 16.3 Å². The molecule has 0 bridgehead atoms. The maximum Gasteiger partial charge on any atom is 0.342 e. The van der Waals surface area contributed by atoms with Crippen LogP contribution in [-0.2, 0) is 14.9 Å². The summed E-state index contributed by atoms with van der Waals surface area (Å²) >= 11 is 14.3. The van der Waals surface area contributed by atoms with Gasteiger partial charge in [-0.1, -0.05) is 102 Å². The number of thioether (sulfide) groups is 1. The van der Waals surface area contributed by atoms with E-state index in [0.29, 0.717) is 16.5 Å². The first-order chi connectivity index (χ1) is 24.2. The predicted octanol–water partition coefficient (Wildman–Crippen LogP) is 9.08. The second-order valence-corrected chi connectivity index (χ2v) is 18.5. The minimum absolute atomic E-state index is 0.0457. The number of urea groups is 1. The number of benzene rings is 2. The standard InChI is InChI=1S/C37H45Cl2N5O6S2/c1-20-18-24(36(2,3)4)29(25(19-20)37(5,6)7)50-34(46)27-26(21-14-16-22(38)17-15-21)30(39)44-31(27)41-32(51-8)28(33(44)45)40-35(47)43-52(48,49)42-23-12-10-9-11-13-23/h9-17,20,24-25,29,41-42H,18-19H2,1-8H3,(H2,40,43,47). The van der Waals surface area contributed by atoms with E-state index in [9.17, 15) is 22.8 Å². The molecule has 280 valence electrons. The van der Waals surface area contributed by atoms with Crippen LogP contribution in [0.5, 0.6) is 0 Å². The third-order valence-corrected chi connectivity index (χ3v) is 11.9. The van der Waals surface area contributed by atoms with Crippen molar-refractivity contribution in [1.82, 2.24) is 14.1 Å². The van der Waals surface area contributed by atoms with E-state index in [1.165, 1.54) is 12.1 Å². The van der Waals surface area contributed by atoms with Crippen LogP contribution >= 0.6 is 35.0 Å². The Balaban J connectivity index is 1.62. The molecule has 2 heterocycles. The molecule has 11 nitrogen and oxygen atoms in total.